The molecule has 0 aromatic heterocycles. The van der Waals surface area contributed by atoms with Crippen molar-refractivity contribution in [3.05, 3.63) is 22.2 Å². The molecular formula is C8H10BCl2NO2. The normalized spacial score (nSPS) is 10.1. The second kappa shape index (κ2) is 4.40. The van der Waals surface area contributed by atoms with Gasteiger partial charge in [0.15, 0.2) is 0 Å². The highest BCUT2D eigenvalue weighted by molar-refractivity contribution is 6.63. The molecule has 1 rings (SSSR count). The molecule has 0 fully saturated rings. The lowest BCUT2D eigenvalue weighted by molar-refractivity contribution is 0.426. The van der Waals surface area contributed by atoms with Crippen molar-refractivity contribution >= 4 is 41.5 Å². The van der Waals surface area contributed by atoms with Crippen molar-refractivity contribution in [1.82, 2.24) is 0 Å². The summed E-state index contributed by atoms with van der Waals surface area (Å²) in [5, 5.41) is 18.8. The van der Waals surface area contributed by atoms with Gasteiger partial charge in [-0.1, -0.05) is 29.3 Å². The van der Waals surface area contributed by atoms with Crippen LogP contribution in [0.4, 0.5) is 5.69 Å². The lowest BCUT2D eigenvalue weighted by atomic mass is 9.80. The molecule has 0 aliphatic heterocycles. The second-order valence-electron chi connectivity index (χ2n) is 3.07. The Kier molecular flexibility index (Phi) is 3.67. The van der Waals surface area contributed by atoms with Crippen LogP contribution in [0.15, 0.2) is 12.1 Å². The molecule has 0 saturated heterocycles. The van der Waals surface area contributed by atoms with Crippen LogP contribution >= 0.6 is 23.2 Å². The smallest absolute Gasteiger partial charge is 0.423 e. The number of hydrogen-bond donors (Lipinski definition) is 2. The summed E-state index contributed by atoms with van der Waals surface area (Å²) in [6.45, 7) is 0. The molecule has 1 aromatic carbocycles. The minimum Gasteiger partial charge on any atom is -0.423 e. The summed E-state index contributed by atoms with van der Waals surface area (Å²) in [5.41, 5.74) is 0.832. The molecule has 0 unspecified atom stereocenters. The molecule has 0 atom stereocenters. The van der Waals surface area contributed by atoms with Crippen molar-refractivity contribution in [2.75, 3.05) is 19.0 Å². The molecule has 0 spiro atoms. The first kappa shape index (κ1) is 11.7. The fraction of sp³-hybridized carbons (Fsp3) is 0.250. The first-order valence-corrected chi connectivity index (χ1v) is 4.72. The van der Waals surface area contributed by atoms with Gasteiger partial charge in [0.1, 0.15) is 0 Å². The zero-order valence-corrected chi connectivity index (χ0v) is 9.34. The molecular weight excluding hydrogens is 224 g/mol. The summed E-state index contributed by atoms with van der Waals surface area (Å²) in [6, 6.07) is 3.07. The number of rotatable bonds is 2. The summed E-state index contributed by atoms with van der Waals surface area (Å²) in [4.78, 5) is 1.72. The third-order valence-corrected chi connectivity index (χ3v) is 2.52. The van der Waals surface area contributed by atoms with Gasteiger partial charge in [-0.15, -0.1) is 0 Å². The third kappa shape index (κ3) is 2.15. The second-order valence-corrected chi connectivity index (χ2v) is 3.85. The number of anilines is 1. The Labute approximate surface area is 93.0 Å². The van der Waals surface area contributed by atoms with Crippen molar-refractivity contribution in [3.8, 4) is 0 Å². The van der Waals surface area contributed by atoms with E-state index < -0.39 is 7.12 Å². The van der Waals surface area contributed by atoms with Crippen molar-refractivity contribution in [2.45, 2.75) is 0 Å². The maximum atomic E-state index is 9.01. The Bertz CT molecular complexity index is 344. The van der Waals surface area contributed by atoms with Crippen molar-refractivity contribution in [1.29, 1.82) is 0 Å². The van der Waals surface area contributed by atoms with Crippen molar-refractivity contribution in [3.63, 3.8) is 0 Å². The molecule has 3 nitrogen and oxygen atoms in total. The highest BCUT2D eigenvalue weighted by Gasteiger charge is 2.20. The van der Waals surface area contributed by atoms with Gasteiger partial charge in [-0.25, -0.2) is 0 Å². The Hall–Kier alpha value is -0.415. The van der Waals surface area contributed by atoms with Crippen LogP contribution in [0.2, 0.25) is 10.0 Å². The number of halogens is 2. The molecule has 0 saturated carbocycles. The highest BCUT2D eigenvalue weighted by atomic mass is 35.5. The van der Waals surface area contributed by atoms with Crippen LogP contribution in [-0.2, 0) is 0 Å². The van der Waals surface area contributed by atoms with Crippen LogP contribution in [0.25, 0.3) is 0 Å². The van der Waals surface area contributed by atoms with Crippen LogP contribution in [-0.4, -0.2) is 31.3 Å². The Morgan fingerprint density at radius 3 is 2.21 bits per heavy atom. The molecule has 0 aliphatic rings. The van der Waals surface area contributed by atoms with Crippen LogP contribution in [0.3, 0.4) is 0 Å². The van der Waals surface area contributed by atoms with Gasteiger partial charge in [-0.3, -0.25) is 0 Å². The van der Waals surface area contributed by atoms with Gasteiger partial charge in [0.05, 0.1) is 15.7 Å². The SMILES string of the molecule is CN(C)c1c(Cl)ccc(B(O)O)c1Cl. The van der Waals surface area contributed by atoms with Gasteiger partial charge in [0, 0.05) is 19.6 Å². The largest absolute Gasteiger partial charge is 0.490 e. The fourth-order valence-electron chi connectivity index (χ4n) is 1.17. The summed E-state index contributed by atoms with van der Waals surface area (Å²) in [6.07, 6.45) is 0. The van der Waals surface area contributed by atoms with E-state index in [1.807, 2.05) is 0 Å². The van der Waals surface area contributed by atoms with Gasteiger partial charge < -0.3 is 14.9 Å². The van der Waals surface area contributed by atoms with Gasteiger partial charge in [0.25, 0.3) is 0 Å². The zero-order chi connectivity index (χ0) is 10.9. The standard InChI is InChI=1S/C8H10BCl2NO2/c1-12(2)8-6(10)4-3-5(7(8)11)9(13)14/h3-4,13-14H,1-2H3. The third-order valence-electron chi connectivity index (χ3n) is 1.82. The van der Waals surface area contributed by atoms with Gasteiger partial charge in [-0.2, -0.15) is 0 Å². The summed E-state index contributed by atoms with van der Waals surface area (Å²) >= 11 is 11.9. The quantitative estimate of drug-likeness (QED) is 0.741. The molecule has 2 N–H and O–H groups in total. The molecule has 0 bridgehead atoms. The Morgan fingerprint density at radius 1 is 1.21 bits per heavy atom. The number of hydrogen-bond acceptors (Lipinski definition) is 3. The summed E-state index contributed by atoms with van der Waals surface area (Å²) < 4.78 is 0. The summed E-state index contributed by atoms with van der Waals surface area (Å²) in [5.74, 6) is 0. The van der Waals surface area contributed by atoms with Gasteiger partial charge >= 0.3 is 7.12 Å². The average molecular weight is 234 g/mol. The number of nitrogens with zero attached hydrogens (tertiary/aromatic N) is 1. The van der Waals surface area contributed by atoms with E-state index in [9.17, 15) is 0 Å². The monoisotopic (exact) mass is 233 g/mol. The maximum Gasteiger partial charge on any atom is 0.490 e. The highest BCUT2D eigenvalue weighted by Crippen LogP contribution is 2.30. The van der Waals surface area contributed by atoms with E-state index in [1.54, 1.807) is 25.1 Å². The number of benzene rings is 1. The predicted molar refractivity (Wildman–Crippen MR) is 60.6 cm³/mol. The van der Waals surface area contributed by atoms with Crippen LogP contribution in [0.5, 0.6) is 0 Å². The van der Waals surface area contributed by atoms with E-state index in [2.05, 4.69) is 0 Å². The fourth-order valence-corrected chi connectivity index (χ4v) is 1.97. The minimum absolute atomic E-state index is 0.250. The van der Waals surface area contributed by atoms with E-state index in [1.165, 1.54) is 6.07 Å². The van der Waals surface area contributed by atoms with Gasteiger partial charge in [-0.05, 0) is 6.07 Å². The molecule has 1 aromatic rings. The molecule has 6 heteroatoms. The van der Waals surface area contributed by atoms with Crippen LogP contribution in [0, 0.1) is 0 Å². The van der Waals surface area contributed by atoms with Gasteiger partial charge in [0.2, 0.25) is 0 Å². The minimum atomic E-state index is -1.58. The Morgan fingerprint density at radius 2 is 1.79 bits per heavy atom. The van der Waals surface area contributed by atoms with Crippen molar-refractivity contribution in [2.24, 2.45) is 0 Å². The average Bonchev–Trinajstić information content (AvgIpc) is 2.02. The summed E-state index contributed by atoms with van der Waals surface area (Å²) in [7, 11) is 1.97. The zero-order valence-electron chi connectivity index (χ0n) is 7.83. The van der Waals surface area contributed by atoms with E-state index >= 15 is 0 Å². The van der Waals surface area contributed by atoms with E-state index in [0.29, 0.717) is 10.7 Å². The molecule has 0 aliphatic carbocycles. The van der Waals surface area contributed by atoms with E-state index in [-0.39, 0.29) is 10.5 Å². The lowest BCUT2D eigenvalue weighted by Crippen LogP contribution is -2.31. The lowest BCUT2D eigenvalue weighted by Gasteiger charge is -2.18. The molecule has 76 valence electrons. The molecule has 14 heavy (non-hydrogen) atoms. The predicted octanol–water partition coefficient (Wildman–Crippen LogP) is 0.739. The molecule has 0 amide bonds. The van der Waals surface area contributed by atoms with Crippen molar-refractivity contribution < 1.29 is 10.0 Å². The maximum absolute atomic E-state index is 9.01. The van der Waals surface area contributed by atoms with E-state index in [4.69, 9.17) is 33.2 Å². The van der Waals surface area contributed by atoms with E-state index in [0.717, 1.165) is 0 Å². The molecule has 0 radical (unpaired) electrons. The Balaban J connectivity index is 3.34. The van der Waals surface area contributed by atoms with Crippen LogP contribution < -0.4 is 10.4 Å². The first-order valence-electron chi connectivity index (χ1n) is 3.96. The molecule has 0 heterocycles. The topological polar surface area (TPSA) is 43.7 Å². The van der Waals surface area contributed by atoms with Crippen LogP contribution in [0.1, 0.15) is 0 Å². The first-order chi connectivity index (χ1) is 6.45.